The monoisotopic (exact) mass is 137 g/mol. The van der Waals surface area contributed by atoms with Gasteiger partial charge in [-0.25, -0.2) is 0 Å². The summed E-state index contributed by atoms with van der Waals surface area (Å²) in [7, 11) is 2.02. The van der Waals surface area contributed by atoms with E-state index in [9.17, 15) is 0 Å². The Hall–Kier alpha value is -1.12. The Bertz CT molecular complexity index is 185. The van der Waals surface area contributed by atoms with Gasteiger partial charge in [-0.15, -0.1) is 0 Å². The molecule has 0 aliphatic heterocycles. The fourth-order valence-electron chi connectivity index (χ4n) is 0.692. The van der Waals surface area contributed by atoms with Crippen molar-refractivity contribution in [3.63, 3.8) is 0 Å². The van der Waals surface area contributed by atoms with Crippen LogP contribution in [-0.2, 0) is 0 Å². The van der Waals surface area contributed by atoms with E-state index in [1.165, 1.54) is 0 Å². The zero-order valence-electron chi connectivity index (χ0n) is 6.28. The molecule has 0 aliphatic rings. The molecule has 1 rings (SSSR count). The molecule has 54 valence electrons. The lowest BCUT2D eigenvalue weighted by Gasteiger charge is -2.14. The first-order valence-corrected chi connectivity index (χ1v) is 3.32. The normalized spacial score (nSPS) is 9.40. The van der Waals surface area contributed by atoms with Gasteiger partial charge in [0.15, 0.2) is 0 Å². The molecule has 0 saturated heterocycles. The van der Waals surface area contributed by atoms with Crippen LogP contribution in [0.25, 0.3) is 0 Å². The quantitative estimate of drug-likeness (QED) is 0.607. The lowest BCUT2D eigenvalue weighted by atomic mass is 10.4. The molecule has 0 atom stereocenters. The maximum atomic E-state index is 3.76. The smallest absolute Gasteiger partial charge is 0.0729 e. The van der Waals surface area contributed by atoms with E-state index in [2.05, 4.69) is 22.0 Å². The molecule has 0 amide bonds. The zero-order chi connectivity index (χ0) is 7.40. The first-order chi connectivity index (χ1) is 4.84. The molecule has 10 heavy (non-hydrogen) atoms. The fraction of sp³-hybridized carbons (Fsp3) is 0.429. The highest BCUT2D eigenvalue weighted by Crippen LogP contribution is 2.06. The predicted molar refractivity (Wildman–Crippen MR) is 41.0 cm³/mol. The number of hydrogen-bond donors (Lipinski definition) is 0. The minimum absolute atomic E-state index is 0.992. The number of aromatic nitrogens is 2. The van der Waals surface area contributed by atoms with Crippen LogP contribution in [0.1, 0.15) is 6.92 Å². The highest BCUT2D eigenvalue weighted by molar-refractivity contribution is 5.41. The van der Waals surface area contributed by atoms with Gasteiger partial charge in [-0.3, -0.25) is 0 Å². The largest absolute Gasteiger partial charge is 0.374 e. The molecule has 0 saturated carbocycles. The average Bonchev–Trinajstić information content (AvgIpc) is 2.05. The average molecular weight is 137 g/mol. The van der Waals surface area contributed by atoms with Gasteiger partial charge in [0, 0.05) is 13.6 Å². The van der Waals surface area contributed by atoms with Gasteiger partial charge in [-0.2, -0.15) is 10.2 Å². The molecule has 0 unspecified atom stereocenters. The highest BCUT2D eigenvalue weighted by Gasteiger charge is 1.94. The second kappa shape index (κ2) is 3.15. The lowest BCUT2D eigenvalue weighted by Crippen LogP contribution is -2.15. The van der Waals surface area contributed by atoms with E-state index >= 15 is 0 Å². The third kappa shape index (κ3) is 1.43. The van der Waals surface area contributed by atoms with Crippen molar-refractivity contribution in [3.8, 4) is 0 Å². The van der Waals surface area contributed by atoms with Crippen LogP contribution in [0.5, 0.6) is 0 Å². The molecule has 0 aliphatic carbocycles. The summed E-state index contributed by atoms with van der Waals surface area (Å²) in [5.41, 5.74) is 1.11. The Morgan fingerprint density at radius 2 is 2.30 bits per heavy atom. The molecule has 0 radical (unpaired) electrons. The summed E-state index contributed by atoms with van der Waals surface area (Å²) < 4.78 is 0. The van der Waals surface area contributed by atoms with Gasteiger partial charge in [0.25, 0.3) is 0 Å². The standard InChI is InChI=1S/C7H11N3/c1-3-10(2)7-4-5-8-9-6-7/h4-6H,3H2,1-2H3. The molecule has 1 aromatic rings. The van der Waals surface area contributed by atoms with Crippen molar-refractivity contribution >= 4 is 5.69 Å². The van der Waals surface area contributed by atoms with Gasteiger partial charge < -0.3 is 4.90 Å². The zero-order valence-corrected chi connectivity index (χ0v) is 6.28. The molecule has 0 bridgehead atoms. The Morgan fingerprint density at radius 3 is 2.80 bits per heavy atom. The van der Waals surface area contributed by atoms with Crippen LogP contribution in [-0.4, -0.2) is 23.8 Å². The molecule has 3 heteroatoms. The van der Waals surface area contributed by atoms with E-state index in [0.717, 1.165) is 12.2 Å². The SMILES string of the molecule is CCN(C)c1ccnnc1. The maximum Gasteiger partial charge on any atom is 0.0729 e. The lowest BCUT2D eigenvalue weighted by molar-refractivity contribution is 0.937. The number of anilines is 1. The summed E-state index contributed by atoms with van der Waals surface area (Å²) in [6, 6.07) is 1.94. The summed E-state index contributed by atoms with van der Waals surface area (Å²) in [6.45, 7) is 3.09. The van der Waals surface area contributed by atoms with Crippen LogP contribution in [0.15, 0.2) is 18.5 Å². The van der Waals surface area contributed by atoms with Crippen LogP contribution >= 0.6 is 0 Å². The Balaban J connectivity index is 2.75. The summed E-state index contributed by atoms with van der Waals surface area (Å²) >= 11 is 0. The van der Waals surface area contributed by atoms with Crippen LogP contribution in [0.2, 0.25) is 0 Å². The van der Waals surface area contributed by atoms with Crippen molar-refractivity contribution in [2.24, 2.45) is 0 Å². The third-order valence-electron chi connectivity index (χ3n) is 1.48. The van der Waals surface area contributed by atoms with Crippen molar-refractivity contribution < 1.29 is 0 Å². The number of rotatable bonds is 2. The number of hydrogen-bond acceptors (Lipinski definition) is 3. The first-order valence-electron chi connectivity index (χ1n) is 3.32. The Labute approximate surface area is 60.7 Å². The van der Waals surface area contributed by atoms with Gasteiger partial charge in [0.1, 0.15) is 0 Å². The van der Waals surface area contributed by atoms with Gasteiger partial charge in [-0.05, 0) is 13.0 Å². The second-order valence-corrected chi connectivity index (χ2v) is 2.11. The van der Waals surface area contributed by atoms with E-state index in [4.69, 9.17) is 0 Å². The van der Waals surface area contributed by atoms with Crippen LogP contribution < -0.4 is 4.90 Å². The van der Waals surface area contributed by atoms with Gasteiger partial charge in [0.05, 0.1) is 18.1 Å². The Morgan fingerprint density at radius 1 is 1.50 bits per heavy atom. The predicted octanol–water partition coefficient (Wildman–Crippen LogP) is 0.933. The van der Waals surface area contributed by atoms with E-state index in [-0.39, 0.29) is 0 Å². The molecule has 3 nitrogen and oxygen atoms in total. The number of nitrogens with zero attached hydrogens (tertiary/aromatic N) is 3. The highest BCUT2D eigenvalue weighted by atomic mass is 15.1. The van der Waals surface area contributed by atoms with Gasteiger partial charge >= 0.3 is 0 Å². The topological polar surface area (TPSA) is 29.0 Å². The first kappa shape index (κ1) is 6.99. The molecular weight excluding hydrogens is 126 g/mol. The minimum Gasteiger partial charge on any atom is -0.374 e. The van der Waals surface area contributed by atoms with Gasteiger partial charge in [-0.1, -0.05) is 0 Å². The van der Waals surface area contributed by atoms with Crippen molar-refractivity contribution in [1.29, 1.82) is 0 Å². The van der Waals surface area contributed by atoms with E-state index in [1.807, 2.05) is 13.1 Å². The van der Waals surface area contributed by atoms with Crippen molar-refractivity contribution in [2.75, 3.05) is 18.5 Å². The summed E-state index contributed by atoms with van der Waals surface area (Å²) in [4.78, 5) is 2.11. The molecular formula is C7H11N3. The molecule has 0 N–H and O–H groups in total. The molecule has 0 aromatic carbocycles. The van der Waals surface area contributed by atoms with Crippen molar-refractivity contribution in [3.05, 3.63) is 18.5 Å². The van der Waals surface area contributed by atoms with E-state index in [0.29, 0.717) is 0 Å². The van der Waals surface area contributed by atoms with Crippen LogP contribution in [0.3, 0.4) is 0 Å². The molecule has 0 fully saturated rings. The fourth-order valence-corrected chi connectivity index (χ4v) is 0.692. The molecule has 1 heterocycles. The Kier molecular flexibility index (Phi) is 2.20. The second-order valence-electron chi connectivity index (χ2n) is 2.11. The summed E-state index contributed by atoms with van der Waals surface area (Å²) in [5.74, 6) is 0. The minimum atomic E-state index is 0.992. The summed E-state index contributed by atoms with van der Waals surface area (Å²) in [6.07, 6.45) is 3.45. The molecule has 1 aromatic heterocycles. The van der Waals surface area contributed by atoms with Crippen molar-refractivity contribution in [2.45, 2.75) is 6.92 Å². The van der Waals surface area contributed by atoms with Crippen LogP contribution in [0.4, 0.5) is 5.69 Å². The van der Waals surface area contributed by atoms with Gasteiger partial charge in [0.2, 0.25) is 0 Å². The maximum absolute atomic E-state index is 3.76. The van der Waals surface area contributed by atoms with Crippen molar-refractivity contribution in [1.82, 2.24) is 10.2 Å². The van der Waals surface area contributed by atoms with E-state index in [1.54, 1.807) is 12.4 Å². The molecule has 0 spiro atoms. The summed E-state index contributed by atoms with van der Waals surface area (Å²) in [5, 5.41) is 7.45. The van der Waals surface area contributed by atoms with E-state index < -0.39 is 0 Å². The third-order valence-corrected chi connectivity index (χ3v) is 1.48. The van der Waals surface area contributed by atoms with Crippen LogP contribution in [0, 0.1) is 0 Å².